The Labute approximate surface area is 123 Å². The highest BCUT2D eigenvalue weighted by atomic mass is 16.6. The number of methoxy groups -OCH3 is 1. The van der Waals surface area contributed by atoms with Crippen molar-refractivity contribution in [3.63, 3.8) is 0 Å². The van der Waals surface area contributed by atoms with E-state index in [1.165, 1.54) is 7.11 Å². The van der Waals surface area contributed by atoms with E-state index in [-0.39, 0.29) is 11.7 Å². The molecule has 4 heteroatoms. The molecule has 0 N–H and O–H groups in total. The van der Waals surface area contributed by atoms with E-state index in [0.717, 1.165) is 18.4 Å². The highest BCUT2D eigenvalue weighted by molar-refractivity contribution is 6.17. The summed E-state index contributed by atoms with van der Waals surface area (Å²) in [5.74, 6) is -0.504. The summed E-state index contributed by atoms with van der Waals surface area (Å²) in [5.41, 5.74) is 1.31. The van der Waals surface area contributed by atoms with Crippen LogP contribution in [0.15, 0.2) is 48.2 Å². The third kappa shape index (κ3) is 2.75. The van der Waals surface area contributed by atoms with Crippen LogP contribution in [-0.4, -0.2) is 19.0 Å². The third-order valence-electron chi connectivity index (χ3n) is 3.89. The van der Waals surface area contributed by atoms with Crippen molar-refractivity contribution in [2.24, 2.45) is 11.8 Å². The van der Waals surface area contributed by atoms with Gasteiger partial charge in [-0.1, -0.05) is 36.4 Å². The van der Waals surface area contributed by atoms with E-state index in [9.17, 15) is 9.59 Å². The molecule has 1 saturated carbocycles. The number of hydrogen-bond acceptors (Lipinski definition) is 4. The fourth-order valence-electron chi connectivity index (χ4n) is 2.73. The number of carbonyl (C=O) groups excluding carboxylic acids is 2. The van der Waals surface area contributed by atoms with Crippen molar-refractivity contribution in [1.29, 1.82) is 0 Å². The summed E-state index contributed by atoms with van der Waals surface area (Å²) < 4.78 is 9.95. The number of ether oxygens (including phenoxy) is 2. The van der Waals surface area contributed by atoms with Crippen molar-refractivity contribution in [1.82, 2.24) is 0 Å². The molecule has 2 aliphatic heterocycles. The number of rotatable bonds is 2. The lowest BCUT2D eigenvalue weighted by atomic mass is 9.74. The number of fused-ring (bicyclic) bond motifs is 3. The average molecular weight is 284 g/mol. The molecule has 0 aromatic heterocycles. The Morgan fingerprint density at radius 1 is 1.14 bits per heavy atom. The maximum atomic E-state index is 12.4. The van der Waals surface area contributed by atoms with Gasteiger partial charge in [0.1, 0.15) is 0 Å². The van der Waals surface area contributed by atoms with Crippen LogP contribution in [0.5, 0.6) is 0 Å². The van der Waals surface area contributed by atoms with E-state index < -0.39 is 11.9 Å². The van der Waals surface area contributed by atoms with Gasteiger partial charge in [0, 0.05) is 0 Å². The Morgan fingerprint density at radius 3 is 2.48 bits per heavy atom. The standard InChI is InChI=1S/C17H16O4/c1-20-17(19)15-10-12-7-11(8-12)9-14(16(18)21-15)13-5-3-2-4-6-13/h2-6,9-12H,7-8H2,1H3. The van der Waals surface area contributed by atoms with Crippen molar-refractivity contribution in [3.05, 3.63) is 53.8 Å². The van der Waals surface area contributed by atoms with E-state index in [1.807, 2.05) is 36.4 Å². The Kier molecular flexibility index (Phi) is 3.60. The van der Waals surface area contributed by atoms with Gasteiger partial charge in [-0.25, -0.2) is 9.59 Å². The van der Waals surface area contributed by atoms with Gasteiger partial charge in [-0.3, -0.25) is 0 Å². The van der Waals surface area contributed by atoms with E-state index in [1.54, 1.807) is 6.08 Å². The first-order valence-corrected chi connectivity index (χ1v) is 6.97. The molecule has 4 rings (SSSR count). The summed E-state index contributed by atoms with van der Waals surface area (Å²) in [6.07, 6.45) is 5.52. The molecule has 0 spiro atoms. The number of allylic oxidation sites excluding steroid dienone is 2. The molecule has 1 fully saturated rings. The maximum Gasteiger partial charge on any atom is 0.373 e. The topological polar surface area (TPSA) is 52.6 Å². The van der Waals surface area contributed by atoms with Crippen molar-refractivity contribution in [3.8, 4) is 0 Å². The van der Waals surface area contributed by atoms with Gasteiger partial charge >= 0.3 is 11.9 Å². The second kappa shape index (κ2) is 5.56. The first kappa shape index (κ1) is 13.6. The van der Waals surface area contributed by atoms with Gasteiger partial charge in [0.05, 0.1) is 12.7 Å². The summed E-state index contributed by atoms with van der Waals surface area (Å²) in [5, 5.41) is 0. The molecular weight excluding hydrogens is 268 g/mol. The average Bonchev–Trinajstić information content (AvgIpc) is 2.58. The van der Waals surface area contributed by atoms with Crippen molar-refractivity contribution in [2.75, 3.05) is 7.11 Å². The van der Waals surface area contributed by atoms with Crippen LogP contribution in [0.25, 0.3) is 5.57 Å². The van der Waals surface area contributed by atoms with Gasteiger partial charge in [0.15, 0.2) is 0 Å². The zero-order valence-electron chi connectivity index (χ0n) is 11.7. The molecular formula is C17H16O4. The third-order valence-corrected chi connectivity index (χ3v) is 3.89. The van der Waals surface area contributed by atoms with E-state index in [4.69, 9.17) is 4.74 Å². The van der Waals surface area contributed by atoms with Crippen LogP contribution in [0.1, 0.15) is 18.4 Å². The molecule has 0 saturated heterocycles. The van der Waals surface area contributed by atoms with Gasteiger partial charge < -0.3 is 9.47 Å². The Hall–Kier alpha value is -2.36. The summed E-state index contributed by atoms with van der Waals surface area (Å²) >= 11 is 0. The molecule has 3 aliphatic rings. The normalized spacial score (nSPS) is 24.3. The number of carbonyl (C=O) groups is 2. The predicted octanol–water partition coefficient (Wildman–Crippen LogP) is 2.71. The lowest BCUT2D eigenvalue weighted by molar-refractivity contribution is -0.146. The first-order chi connectivity index (χ1) is 10.2. The summed E-state index contributed by atoms with van der Waals surface area (Å²) in [6.45, 7) is 0. The SMILES string of the molecule is COC(=O)C1=CC2CC(C=C(c3ccccc3)C(=O)O1)C2. The molecule has 1 aromatic rings. The van der Waals surface area contributed by atoms with Crippen LogP contribution in [0, 0.1) is 11.8 Å². The molecule has 0 unspecified atom stereocenters. The fraction of sp³-hybridized carbons (Fsp3) is 0.294. The monoisotopic (exact) mass is 284 g/mol. The zero-order valence-corrected chi connectivity index (χ0v) is 11.7. The van der Waals surface area contributed by atoms with Crippen molar-refractivity contribution in [2.45, 2.75) is 12.8 Å². The van der Waals surface area contributed by atoms with E-state index in [0.29, 0.717) is 11.5 Å². The molecule has 0 amide bonds. The molecule has 0 atom stereocenters. The van der Waals surface area contributed by atoms with E-state index in [2.05, 4.69) is 4.74 Å². The smallest absolute Gasteiger partial charge is 0.373 e. The second-order valence-electron chi connectivity index (χ2n) is 5.35. The molecule has 2 heterocycles. The lowest BCUT2D eigenvalue weighted by Crippen LogP contribution is -2.21. The highest BCUT2D eigenvalue weighted by Gasteiger charge is 2.32. The van der Waals surface area contributed by atoms with Crippen LogP contribution < -0.4 is 0 Å². The predicted molar refractivity (Wildman–Crippen MR) is 76.8 cm³/mol. The van der Waals surface area contributed by atoms with Crippen LogP contribution >= 0.6 is 0 Å². The zero-order chi connectivity index (χ0) is 14.8. The molecule has 1 aromatic carbocycles. The molecule has 0 radical (unpaired) electrons. The Morgan fingerprint density at radius 2 is 1.81 bits per heavy atom. The number of esters is 2. The minimum Gasteiger partial charge on any atom is -0.463 e. The maximum absolute atomic E-state index is 12.4. The highest BCUT2D eigenvalue weighted by Crippen LogP contribution is 2.39. The Bertz CT molecular complexity index is 621. The van der Waals surface area contributed by atoms with Gasteiger partial charge in [0.25, 0.3) is 0 Å². The minimum atomic E-state index is -0.610. The van der Waals surface area contributed by atoms with Crippen LogP contribution in [0.4, 0.5) is 0 Å². The summed E-state index contributed by atoms with van der Waals surface area (Å²) in [6, 6.07) is 9.36. The van der Waals surface area contributed by atoms with Crippen LogP contribution in [-0.2, 0) is 19.1 Å². The van der Waals surface area contributed by atoms with Gasteiger partial charge in [-0.2, -0.15) is 0 Å². The van der Waals surface area contributed by atoms with Crippen LogP contribution in [0.2, 0.25) is 0 Å². The molecule has 108 valence electrons. The second-order valence-corrected chi connectivity index (χ2v) is 5.35. The quantitative estimate of drug-likeness (QED) is 0.784. The lowest BCUT2D eigenvalue weighted by Gasteiger charge is -2.30. The summed E-state index contributed by atoms with van der Waals surface area (Å²) in [4.78, 5) is 24.1. The Balaban J connectivity index is 1.96. The number of hydrogen-bond donors (Lipinski definition) is 0. The molecule has 21 heavy (non-hydrogen) atoms. The molecule has 2 bridgehead atoms. The molecule has 4 nitrogen and oxygen atoms in total. The molecule has 1 aliphatic carbocycles. The first-order valence-electron chi connectivity index (χ1n) is 6.97. The van der Waals surface area contributed by atoms with E-state index >= 15 is 0 Å². The van der Waals surface area contributed by atoms with Crippen molar-refractivity contribution < 1.29 is 19.1 Å². The largest absolute Gasteiger partial charge is 0.463 e. The number of benzene rings is 1. The van der Waals surface area contributed by atoms with Gasteiger partial charge in [-0.15, -0.1) is 0 Å². The fourth-order valence-corrected chi connectivity index (χ4v) is 2.73. The summed E-state index contributed by atoms with van der Waals surface area (Å²) in [7, 11) is 1.28. The van der Waals surface area contributed by atoms with Crippen molar-refractivity contribution >= 4 is 17.5 Å². The minimum absolute atomic E-state index is 0.00492. The van der Waals surface area contributed by atoms with Gasteiger partial charge in [-0.05, 0) is 36.3 Å². The van der Waals surface area contributed by atoms with Gasteiger partial charge in [0.2, 0.25) is 5.76 Å². The van der Waals surface area contributed by atoms with Crippen LogP contribution in [0.3, 0.4) is 0 Å².